The number of benzene rings is 1. The number of aromatic hydroxyl groups is 1. The van der Waals surface area contributed by atoms with Gasteiger partial charge in [-0.2, -0.15) is 0 Å². The molecule has 98 valence electrons. The molecule has 0 bridgehead atoms. The Kier molecular flexibility index (Phi) is 4.35. The molecule has 1 N–H and O–H groups in total. The zero-order chi connectivity index (χ0) is 13.7. The zero-order valence-corrected chi connectivity index (χ0v) is 11.1. The van der Waals surface area contributed by atoms with E-state index >= 15 is 0 Å². The number of carbonyl (C=O) groups excluding carboxylic acids is 1. The second-order valence-corrected chi connectivity index (χ2v) is 4.55. The minimum Gasteiger partial charge on any atom is -0.507 e. The van der Waals surface area contributed by atoms with Crippen molar-refractivity contribution in [3.05, 3.63) is 36.5 Å². The van der Waals surface area contributed by atoms with Crippen molar-refractivity contribution < 1.29 is 14.6 Å². The van der Waals surface area contributed by atoms with Crippen LogP contribution in [0.1, 0.15) is 0 Å². The van der Waals surface area contributed by atoms with Gasteiger partial charge in [0.15, 0.2) is 5.16 Å². The van der Waals surface area contributed by atoms with E-state index in [9.17, 15) is 9.90 Å². The van der Waals surface area contributed by atoms with Crippen LogP contribution in [0.3, 0.4) is 0 Å². The second-order valence-electron chi connectivity index (χ2n) is 3.61. The Morgan fingerprint density at radius 3 is 2.89 bits per heavy atom. The summed E-state index contributed by atoms with van der Waals surface area (Å²) in [6.07, 6.45) is 1.59. The van der Waals surface area contributed by atoms with Gasteiger partial charge < -0.3 is 9.84 Å². The smallest absolute Gasteiger partial charge is 0.316 e. The van der Waals surface area contributed by atoms with E-state index in [1.807, 2.05) is 6.07 Å². The molecule has 0 aliphatic heterocycles. The van der Waals surface area contributed by atoms with Gasteiger partial charge in [0.25, 0.3) is 0 Å². The third kappa shape index (κ3) is 3.45. The summed E-state index contributed by atoms with van der Waals surface area (Å²) in [5.74, 6) is -0.0209. The van der Waals surface area contributed by atoms with Gasteiger partial charge in [0.1, 0.15) is 5.75 Å². The summed E-state index contributed by atoms with van der Waals surface area (Å²) in [5, 5.41) is 10.2. The van der Waals surface area contributed by atoms with E-state index in [2.05, 4.69) is 14.7 Å². The minimum absolute atomic E-state index is 0.153. The molecule has 2 rings (SSSR count). The molecule has 1 aromatic heterocycles. The zero-order valence-electron chi connectivity index (χ0n) is 10.2. The second kappa shape index (κ2) is 6.19. The fourth-order valence-corrected chi connectivity index (χ4v) is 2.10. The number of phenols is 1. The Morgan fingerprint density at radius 2 is 2.16 bits per heavy atom. The molecule has 2 aromatic rings. The maximum absolute atomic E-state index is 11.1. The number of ether oxygens (including phenoxy) is 1. The third-order valence-electron chi connectivity index (χ3n) is 2.36. The van der Waals surface area contributed by atoms with E-state index in [-0.39, 0.29) is 17.5 Å². The Labute approximate surface area is 114 Å². The van der Waals surface area contributed by atoms with Crippen LogP contribution < -0.4 is 0 Å². The molecule has 6 heteroatoms. The number of rotatable bonds is 4. The maximum Gasteiger partial charge on any atom is 0.316 e. The number of phenolic OH excluding ortho intramolecular Hbond substituents is 1. The first-order chi connectivity index (χ1) is 9.20. The number of aromatic nitrogens is 2. The maximum atomic E-state index is 11.1. The first-order valence-corrected chi connectivity index (χ1v) is 6.50. The number of hydrogen-bond acceptors (Lipinski definition) is 6. The van der Waals surface area contributed by atoms with E-state index in [0.717, 1.165) is 0 Å². The van der Waals surface area contributed by atoms with Crippen LogP contribution in [0.2, 0.25) is 0 Å². The topological polar surface area (TPSA) is 72.3 Å². The minimum atomic E-state index is -0.332. The highest BCUT2D eigenvalue weighted by molar-refractivity contribution is 7.99. The van der Waals surface area contributed by atoms with Gasteiger partial charge >= 0.3 is 5.97 Å². The lowest BCUT2D eigenvalue weighted by atomic mass is 10.1. The molecule has 5 nitrogen and oxygen atoms in total. The van der Waals surface area contributed by atoms with Crippen molar-refractivity contribution in [2.45, 2.75) is 5.16 Å². The highest BCUT2D eigenvalue weighted by atomic mass is 32.2. The Morgan fingerprint density at radius 1 is 1.37 bits per heavy atom. The van der Waals surface area contributed by atoms with Crippen LogP contribution in [0.25, 0.3) is 11.3 Å². The average Bonchev–Trinajstić information content (AvgIpc) is 2.45. The van der Waals surface area contributed by atoms with Crippen molar-refractivity contribution in [1.29, 1.82) is 0 Å². The fourth-order valence-electron chi connectivity index (χ4n) is 1.43. The van der Waals surface area contributed by atoms with E-state index in [1.54, 1.807) is 30.5 Å². The third-order valence-corrected chi connectivity index (χ3v) is 3.20. The van der Waals surface area contributed by atoms with Crippen LogP contribution in [0.4, 0.5) is 0 Å². The van der Waals surface area contributed by atoms with Crippen LogP contribution in [-0.2, 0) is 9.53 Å². The summed E-state index contributed by atoms with van der Waals surface area (Å²) >= 11 is 1.19. The predicted molar refractivity (Wildman–Crippen MR) is 71.9 cm³/mol. The molecule has 0 radical (unpaired) electrons. The largest absolute Gasteiger partial charge is 0.507 e. The van der Waals surface area contributed by atoms with Gasteiger partial charge in [-0.15, -0.1) is 0 Å². The monoisotopic (exact) mass is 276 g/mol. The molecule has 0 saturated heterocycles. The van der Waals surface area contributed by atoms with Gasteiger partial charge in [-0.25, -0.2) is 9.97 Å². The summed E-state index contributed by atoms with van der Waals surface area (Å²) in [6.45, 7) is 0. The highest BCUT2D eigenvalue weighted by Gasteiger charge is 2.08. The molecule has 1 heterocycles. The van der Waals surface area contributed by atoms with E-state index in [1.165, 1.54) is 18.9 Å². The van der Waals surface area contributed by atoms with Gasteiger partial charge in [-0.3, -0.25) is 4.79 Å². The number of hydrogen-bond donors (Lipinski definition) is 1. The molecule has 1 aromatic carbocycles. The molecule has 0 fully saturated rings. The van der Waals surface area contributed by atoms with Gasteiger partial charge in [-0.1, -0.05) is 23.9 Å². The molecule has 0 atom stereocenters. The van der Waals surface area contributed by atoms with Crippen molar-refractivity contribution in [1.82, 2.24) is 9.97 Å². The number of methoxy groups -OCH3 is 1. The quantitative estimate of drug-likeness (QED) is 0.524. The van der Waals surface area contributed by atoms with Crippen LogP contribution in [0.5, 0.6) is 5.75 Å². The number of thioether (sulfide) groups is 1. The Bertz CT molecular complexity index is 590. The van der Waals surface area contributed by atoms with Crippen LogP contribution in [0.15, 0.2) is 41.7 Å². The predicted octanol–water partition coefficient (Wildman–Crippen LogP) is 2.11. The molecule has 0 amide bonds. The van der Waals surface area contributed by atoms with E-state index in [0.29, 0.717) is 16.4 Å². The molecular formula is C13H12N2O3S. The highest BCUT2D eigenvalue weighted by Crippen LogP contribution is 2.27. The van der Waals surface area contributed by atoms with Crippen molar-refractivity contribution in [3.63, 3.8) is 0 Å². The average molecular weight is 276 g/mol. The molecule has 0 spiro atoms. The summed E-state index contributed by atoms with van der Waals surface area (Å²) < 4.78 is 4.55. The van der Waals surface area contributed by atoms with E-state index in [4.69, 9.17) is 0 Å². The normalized spacial score (nSPS) is 10.2. The number of carbonyl (C=O) groups is 1. The molecule has 0 aliphatic rings. The van der Waals surface area contributed by atoms with Crippen LogP contribution in [0, 0.1) is 0 Å². The molecular weight excluding hydrogens is 264 g/mol. The number of esters is 1. The summed E-state index contributed by atoms with van der Waals surface area (Å²) in [4.78, 5) is 19.4. The van der Waals surface area contributed by atoms with Crippen LogP contribution >= 0.6 is 11.8 Å². The molecule has 0 aliphatic carbocycles. The first-order valence-electron chi connectivity index (χ1n) is 5.51. The molecule has 0 unspecified atom stereocenters. The Balaban J connectivity index is 2.20. The summed E-state index contributed by atoms with van der Waals surface area (Å²) in [7, 11) is 1.34. The lowest BCUT2D eigenvalue weighted by Crippen LogP contribution is -2.03. The fraction of sp³-hybridized carbons (Fsp3) is 0.154. The Hall–Kier alpha value is -2.08. The van der Waals surface area contributed by atoms with Gasteiger partial charge in [-0.05, 0) is 18.2 Å². The van der Waals surface area contributed by atoms with Crippen LogP contribution in [-0.4, -0.2) is 33.9 Å². The van der Waals surface area contributed by atoms with E-state index < -0.39 is 0 Å². The summed E-state index contributed by atoms with van der Waals surface area (Å²) in [5.41, 5.74) is 1.24. The lowest BCUT2D eigenvalue weighted by molar-refractivity contribution is -0.137. The van der Waals surface area contributed by atoms with Crippen molar-refractivity contribution in [3.8, 4) is 17.0 Å². The van der Waals surface area contributed by atoms with Gasteiger partial charge in [0.05, 0.1) is 18.6 Å². The van der Waals surface area contributed by atoms with Gasteiger partial charge in [0.2, 0.25) is 0 Å². The van der Waals surface area contributed by atoms with Crippen molar-refractivity contribution in [2.75, 3.05) is 12.9 Å². The molecule has 0 saturated carbocycles. The van der Waals surface area contributed by atoms with Gasteiger partial charge in [0, 0.05) is 11.8 Å². The number of nitrogens with zero attached hydrogens (tertiary/aromatic N) is 2. The standard InChI is InChI=1S/C13H12N2O3S/c1-18-12(17)8-19-13-14-7-6-10(15-13)9-4-2-3-5-11(9)16/h2-7,16H,8H2,1H3. The summed E-state index contributed by atoms with van der Waals surface area (Å²) in [6, 6.07) is 8.63. The van der Waals surface area contributed by atoms with Crippen molar-refractivity contribution >= 4 is 17.7 Å². The number of para-hydroxylation sites is 1. The SMILES string of the molecule is COC(=O)CSc1nccc(-c2ccccc2O)n1. The van der Waals surface area contributed by atoms with Crippen molar-refractivity contribution in [2.24, 2.45) is 0 Å². The first kappa shape index (κ1) is 13.4. The lowest BCUT2D eigenvalue weighted by Gasteiger charge is -2.05. The molecule has 19 heavy (non-hydrogen) atoms.